The van der Waals surface area contributed by atoms with E-state index in [4.69, 9.17) is 0 Å². The minimum absolute atomic E-state index is 0. The smallest absolute Gasteiger partial charge is 0.355 e. The van der Waals surface area contributed by atoms with Gasteiger partial charge in [-0.15, -0.1) is 11.3 Å². The molecule has 2 aromatic heterocycles. The SMILES string of the molecule is CS(=O)(=O)NC1CCC(NC2CC3(CCN(c4ncnc5sc(CC(F)(F)F)cc45)C3)C2)CC1.[HH].[HH]. The van der Waals surface area contributed by atoms with E-state index >= 15 is 0 Å². The van der Waals surface area contributed by atoms with Crippen molar-refractivity contribution in [2.24, 2.45) is 5.41 Å². The number of sulfonamides is 1. The first-order chi connectivity index (χ1) is 16.0. The summed E-state index contributed by atoms with van der Waals surface area (Å²) in [6.45, 7) is 1.72. The summed E-state index contributed by atoms with van der Waals surface area (Å²) in [6.07, 6.45) is 4.39. The van der Waals surface area contributed by atoms with Crippen LogP contribution >= 0.6 is 11.3 Å². The van der Waals surface area contributed by atoms with Crippen molar-refractivity contribution in [2.75, 3.05) is 24.2 Å². The number of thiophene rings is 1. The number of halogens is 3. The Kier molecular flexibility index (Phi) is 6.31. The van der Waals surface area contributed by atoms with Crippen LogP contribution in [0.3, 0.4) is 0 Å². The van der Waals surface area contributed by atoms with Crippen LogP contribution in [0.2, 0.25) is 0 Å². The van der Waals surface area contributed by atoms with E-state index in [0.717, 1.165) is 80.6 Å². The lowest BCUT2D eigenvalue weighted by Crippen LogP contribution is -2.54. The molecule has 0 bridgehead atoms. The zero-order valence-corrected chi connectivity index (χ0v) is 20.7. The zero-order valence-electron chi connectivity index (χ0n) is 19.1. The molecule has 1 spiro atoms. The lowest BCUT2D eigenvalue weighted by Gasteiger charge is -2.47. The van der Waals surface area contributed by atoms with Crippen molar-refractivity contribution in [1.82, 2.24) is 20.0 Å². The highest BCUT2D eigenvalue weighted by Crippen LogP contribution is 2.50. The van der Waals surface area contributed by atoms with Gasteiger partial charge in [-0.1, -0.05) is 0 Å². The second-order valence-corrected chi connectivity index (χ2v) is 13.2. The van der Waals surface area contributed by atoms with Crippen molar-refractivity contribution in [2.45, 2.75) is 75.7 Å². The van der Waals surface area contributed by atoms with E-state index in [1.165, 1.54) is 12.6 Å². The van der Waals surface area contributed by atoms with Gasteiger partial charge in [0.05, 0.1) is 18.1 Å². The molecule has 7 nitrogen and oxygen atoms in total. The molecule has 0 aromatic carbocycles. The Bertz CT molecular complexity index is 1150. The molecule has 2 N–H and O–H groups in total. The van der Waals surface area contributed by atoms with Crippen LogP contribution in [0.5, 0.6) is 0 Å². The van der Waals surface area contributed by atoms with Crippen LogP contribution in [0.1, 0.15) is 52.7 Å². The van der Waals surface area contributed by atoms with E-state index in [0.29, 0.717) is 16.9 Å². The van der Waals surface area contributed by atoms with Gasteiger partial charge in [0.1, 0.15) is 17.0 Å². The third-order valence-electron chi connectivity index (χ3n) is 7.41. The van der Waals surface area contributed by atoms with Gasteiger partial charge in [0.25, 0.3) is 0 Å². The van der Waals surface area contributed by atoms with Crippen LogP contribution in [0.15, 0.2) is 12.4 Å². The number of aromatic nitrogens is 2. The molecule has 1 aliphatic heterocycles. The summed E-state index contributed by atoms with van der Waals surface area (Å²) >= 11 is 1.09. The van der Waals surface area contributed by atoms with Crippen molar-refractivity contribution in [3.63, 3.8) is 0 Å². The van der Waals surface area contributed by atoms with E-state index in [1.54, 1.807) is 6.07 Å². The van der Waals surface area contributed by atoms with E-state index in [2.05, 4.69) is 24.9 Å². The second-order valence-electron chi connectivity index (χ2n) is 10.3. The fourth-order valence-corrected chi connectivity index (χ4v) is 7.86. The Labute approximate surface area is 204 Å². The van der Waals surface area contributed by atoms with Gasteiger partial charge >= 0.3 is 6.18 Å². The molecule has 3 aliphatic rings. The molecular formula is C22H34F3N5O2S2. The predicted molar refractivity (Wildman–Crippen MR) is 131 cm³/mol. The standard InChI is InChI=1S/C22H30F3N5O2S2.2H2/c1-34(31,32)29-15-4-2-14(3-5-15)28-16-9-21(10-16)6-7-30(12-21)19-18-8-17(11-22(23,24)25)33-20(18)27-13-26-19;;/h8,13-16,28-29H,2-7,9-12H2,1H3;2*1H. The molecular weight excluding hydrogens is 487 g/mol. The number of nitrogens with one attached hydrogen (secondary N) is 2. The van der Waals surface area contributed by atoms with Gasteiger partial charge in [-0.3, -0.25) is 0 Å². The summed E-state index contributed by atoms with van der Waals surface area (Å²) in [4.78, 5) is 11.7. The molecule has 5 rings (SSSR count). The maximum atomic E-state index is 12.8. The Hall–Kier alpha value is -1.50. The van der Waals surface area contributed by atoms with E-state index in [-0.39, 0.29) is 19.2 Å². The molecule has 2 saturated carbocycles. The summed E-state index contributed by atoms with van der Waals surface area (Å²) in [7, 11) is -3.16. The number of hydrogen-bond donors (Lipinski definition) is 2. The van der Waals surface area contributed by atoms with Gasteiger partial charge < -0.3 is 10.2 Å². The fourth-order valence-electron chi connectivity index (χ4n) is 6.00. The first-order valence-corrected chi connectivity index (χ1v) is 14.5. The molecule has 192 valence electrons. The first-order valence-electron chi connectivity index (χ1n) is 11.8. The summed E-state index contributed by atoms with van der Waals surface area (Å²) < 4.78 is 64.1. The lowest BCUT2D eigenvalue weighted by atomic mass is 9.64. The maximum absolute atomic E-state index is 12.8. The van der Waals surface area contributed by atoms with Crippen molar-refractivity contribution >= 4 is 37.4 Å². The van der Waals surface area contributed by atoms with Gasteiger partial charge in [-0.25, -0.2) is 23.1 Å². The topological polar surface area (TPSA) is 87.2 Å². The first kappa shape index (κ1) is 24.2. The second kappa shape index (κ2) is 8.86. The number of fused-ring (bicyclic) bond motifs is 1. The molecule has 0 atom stereocenters. The number of nitrogens with zero attached hydrogens (tertiary/aromatic N) is 3. The maximum Gasteiger partial charge on any atom is 0.393 e. The quantitative estimate of drug-likeness (QED) is 0.595. The highest BCUT2D eigenvalue weighted by atomic mass is 32.2. The highest BCUT2D eigenvalue weighted by molar-refractivity contribution is 7.88. The van der Waals surface area contributed by atoms with Crippen molar-refractivity contribution in [3.05, 3.63) is 17.3 Å². The number of alkyl halides is 3. The monoisotopic (exact) mass is 521 g/mol. The summed E-state index contributed by atoms with van der Waals surface area (Å²) in [5.41, 5.74) is 0.231. The van der Waals surface area contributed by atoms with E-state index in [9.17, 15) is 21.6 Å². The Morgan fingerprint density at radius 1 is 1.18 bits per heavy atom. The van der Waals surface area contributed by atoms with Gasteiger partial charge in [0.15, 0.2) is 0 Å². The third kappa shape index (κ3) is 5.50. The number of hydrogen-bond acceptors (Lipinski definition) is 7. The van der Waals surface area contributed by atoms with Crippen LogP contribution < -0.4 is 14.9 Å². The van der Waals surface area contributed by atoms with Crippen LogP contribution in [0, 0.1) is 5.41 Å². The van der Waals surface area contributed by atoms with Gasteiger partial charge in [-0.2, -0.15) is 13.2 Å². The number of anilines is 1. The van der Waals surface area contributed by atoms with Gasteiger partial charge in [-0.05, 0) is 56.4 Å². The van der Waals surface area contributed by atoms with Crippen LogP contribution in [0.4, 0.5) is 19.0 Å². The van der Waals surface area contributed by atoms with Crippen LogP contribution in [-0.2, 0) is 16.4 Å². The van der Waals surface area contributed by atoms with E-state index < -0.39 is 22.6 Å². The minimum Gasteiger partial charge on any atom is -0.355 e. The molecule has 34 heavy (non-hydrogen) atoms. The number of rotatable bonds is 6. The molecule has 2 aromatic rings. The summed E-state index contributed by atoms with van der Waals surface area (Å²) in [5.74, 6) is 0.750. The molecule has 12 heteroatoms. The van der Waals surface area contributed by atoms with Crippen molar-refractivity contribution in [1.29, 1.82) is 0 Å². The predicted octanol–water partition coefficient (Wildman–Crippen LogP) is 4.10. The molecule has 0 unspecified atom stereocenters. The van der Waals surface area contributed by atoms with Crippen molar-refractivity contribution in [3.8, 4) is 0 Å². The molecule has 0 radical (unpaired) electrons. The van der Waals surface area contributed by atoms with Crippen molar-refractivity contribution < 1.29 is 24.4 Å². The fraction of sp³-hybridized carbons (Fsp3) is 0.727. The third-order valence-corrected chi connectivity index (χ3v) is 9.21. The van der Waals surface area contributed by atoms with Crippen LogP contribution in [-0.4, -0.2) is 62.0 Å². The van der Waals surface area contributed by atoms with Gasteiger partial charge in [0, 0.05) is 38.9 Å². The van der Waals surface area contributed by atoms with Crippen LogP contribution in [0.25, 0.3) is 10.2 Å². The zero-order chi connectivity index (χ0) is 24.1. The highest BCUT2D eigenvalue weighted by Gasteiger charge is 2.49. The Morgan fingerprint density at radius 3 is 2.56 bits per heavy atom. The summed E-state index contributed by atoms with van der Waals surface area (Å²) in [5, 5.41) is 4.49. The largest absolute Gasteiger partial charge is 0.393 e. The molecule has 3 fully saturated rings. The molecule has 3 heterocycles. The average molecular weight is 522 g/mol. The van der Waals surface area contributed by atoms with Gasteiger partial charge in [0.2, 0.25) is 10.0 Å². The molecule has 0 amide bonds. The van der Waals surface area contributed by atoms with E-state index in [1.807, 2.05) is 0 Å². The molecule has 1 saturated heterocycles. The minimum atomic E-state index is -4.23. The lowest BCUT2D eigenvalue weighted by molar-refractivity contribution is -0.126. The average Bonchev–Trinajstić information content (AvgIpc) is 3.30. The Balaban J connectivity index is 0.00000180. The Morgan fingerprint density at radius 2 is 1.88 bits per heavy atom. The molecule has 2 aliphatic carbocycles. The summed E-state index contributed by atoms with van der Waals surface area (Å²) in [6, 6.07) is 2.54. The normalized spacial score (nSPS) is 30.2.